The molecule has 0 spiro atoms. The lowest BCUT2D eigenvalue weighted by molar-refractivity contribution is -0.141. The highest BCUT2D eigenvalue weighted by Gasteiger charge is 2.32. The van der Waals surface area contributed by atoms with Gasteiger partial charge in [0.05, 0.1) is 12.4 Å². The minimum Gasteiger partial charge on any atom is -0.492 e. The van der Waals surface area contributed by atoms with E-state index in [4.69, 9.17) is 4.74 Å². The van der Waals surface area contributed by atoms with Gasteiger partial charge < -0.3 is 30.6 Å². The fourth-order valence-corrected chi connectivity index (χ4v) is 4.31. The number of hydrogen-bond donors (Lipinski definition) is 4. The fraction of sp³-hybridized carbons (Fsp3) is 0.556. The van der Waals surface area contributed by atoms with Gasteiger partial charge in [-0.15, -0.1) is 0 Å². The van der Waals surface area contributed by atoms with E-state index in [0.29, 0.717) is 19.7 Å². The number of hydrogen-bond acceptors (Lipinski definition) is 6. The zero-order valence-corrected chi connectivity index (χ0v) is 22.3. The number of H-pyrrole nitrogens is 1. The van der Waals surface area contributed by atoms with Crippen LogP contribution in [-0.2, 0) is 27.2 Å². The zero-order chi connectivity index (χ0) is 26.8. The van der Waals surface area contributed by atoms with E-state index in [1.165, 1.54) is 11.2 Å². The van der Waals surface area contributed by atoms with Crippen molar-refractivity contribution in [2.75, 3.05) is 26.7 Å². The van der Waals surface area contributed by atoms with E-state index in [2.05, 4.69) is 25.9 Å². The summed E-state index contributed by atoms with van der Waals surface area (Å²) in [7, 11) is 1.62. The molecule has 4 atom stereocenters. The van der Waals surface area contributed by atoms with Crippen molar-refractivity contribution >= 4 is 17.7 Å². The lowest BCUT2D eigenvalue weighted by Crippen LogP contribution is -2.57. The number of carbonyl (C=O) groups is 3. The summed E-state index contributed by atoms with van der Waals surface area (Å²) in [5.41, 5.74) is 1.79. The van der Waals surface area contributed by atoms with E-state index in [1.54, 1.807) is 20.2 Å². The molecule has 0 fully saturated rings. The van der Waals surface area contributed by atoms with Crippen LogP contribution in [0.5, 0.6) is 5.75 Å². The summed E-state index contributed by atoms with van der Waals surface area (Å²) >= 11 is 0. The van der Waals surface area contributed by atoms with E-state index in [0.717, 1.165) is 36.3 Å². The molecule has 0 saturated heterocycles. The summed E-state index contributed by atoms with van der Waals surface area (Å²) in [5, 5.41) is 9.14. The molecule has 1 aliphatic rings. The number of amides is 3. The first-order chi connectivity index (χ1) is 17.8. The van der Waals surface area contributed by atoms with Crippen molar-refractivity contribution in [2.45, 2.75) is 64.6 Å². The summed E-state index contributed by atoms with van der Waals surface area (Å²) < 4.78 is 6.04. The maximum atomic E-state index is 13.4. The Labute approximate surface area is 218 Å². The molecule has 10 nitrogen and oxygen atoms in total. The third-order valence-electron chi connectivity index (χ3n) is 7.02. The van der Waals surface area contributed by atoms with E-state index < -0.39 is 24.0 Å². The Morgan fingerprint density at radius 3 is 2.68 bits per heavy atom. The highest BCUT2D eigenvalue weighted by atomic mass is 16.5. The number of likely N-dealkylation sites (N-methyl/N-ethyl adjacent to an activating group) is 1. The molecule has 0 saturated carbocycles. The summed E-state index contributed by atoms with van der Waals surface area (Å²) in [6, 6.07) is 5.82. The molecule has 37 heavy (non-hydrogen) atoms. The first-order valence-corrected chi connectivity index (χ1v) is 13.1. The Kier molecular flexibility index (Phi) is 10.5. The average molecular weight is 513 g/mol. The number of para-hydroxylation sites is 1. The summed E-state index contributed by atoms with van der Waals surface area (Å²) in [6.07, 6.45) is 5.68. The van der Waals surface area contributed by atoms with Crippen molar-refractivity contribution in [1.29, 1.82) is 0 Å². The van der Waals surface area contributed by atoms with E-state index in [-0.39, 0.29) is 24.2 Å². The van der Waals surface area contributed by atoms with Crippen LogP contribution in [0.4, 0.5) is 0 Å². The van der Waals surface area contributed by atoms with Gasteiger partial charge in [-0.3, -0.25) is 14.4 Å². The fourth-order valence-electron chi connectivity index (χ4n) is 4.31. The Morgan fingerprint density at radius 1 is 1.16 bits per heavy atom. The van der Waals surface area contributed by atoms with Crippen LogP contribution < -0.4 is 20.7 Å². The van der Waals surface area contributed by atoms with Crippen LogP contribution >= 0.6 is 0 Å². The molecule has 3 rings (SSSR count). The topological polar surface area (TPSA) is 128 Å². The van der Waals surface area contributed by atoms with Crippen molar-refractivity contribution in [3.8, 4) is 5.75 Å². The standard InChI is InChI=1S/C27H40N6O4/c1-5-18(2)24-27(36)33(4)19(3)25(34)32-22(15-21-16-28-17-31-21)26(35)30-12-8-10-20-9-6-7-11-23(20)37-14-13-29-24/h6-7,9,11,16-19,22,24,29H,5,8,10,12-15H2,1-4H3,(H,28,31)(H,30,35)(H,32,34)/t18?,19-,22-,24+/m1/s1. The van der Waals surface area contributed by atoms with Crippen LogP contribution in [0.25, 0.3) is 0 Å². The number of aromatic nitrogens is 2. The number of nitrogens with one attached hydrogen (secondary N) is 4. The molecule has 1 aromatic carbocycles. The second kappa shape index (κ2) is 13.8. The van der Waals surface area contributed by atoms with Gasteiger partial charge in [0.25, 0.3) is 0 Å². The molecule has 1 unspecified atom stereocenters. The maximum absolute atomic E-state index is 13.4. The summed E-state index contributed by atoms with van der Waals surface area (Å²) in [5.74, 6) is 0.0130. The van der Waals surface area contributed by atoms with Crippen LogP contribution in [0.3, 0.4) is 0 Å². The molecule has 1 aliphatic heterocycles. The highest BCUT2D eigenvalue weighted by Crippen LogP contribution is 2.19. The van der Waals surface area contributed by atoms with Gasteiger partial charge in [-0.05, 0) is 37.3 Å². The largest absolute Gasteiger partial charge is 0.492 e. The normalized spacial score (nSPS) is 23.6. The van der Waals surface area contributed by atoms with Crippen molar-refractivity contribution < 1.29 is 19.1 Å². The molecule has 0 radical (unpaired) electrons. The first kappa shape index (κ1) is 28.2. The molecule has 10 heteroatoms. The molecular formula is C27H40N6O4. The Bertz CT molecular complexity index is 1030. The molecule has 0 aliphatic carbocycles. The van der Waals surface area contributed by atoms with Gasteiger partial charge in [0.15, 0.2) is 0 Å². The van der Waals surface area contributed by atoms with Gasteiger partial charge >= 0.3 is 0 Å². The van der Waals surface area contributed by atoms with Crippen molar-refractivity contribution in [1.82, 2.24) is 30.8 Å². The monoisotopic (exact) mass is 512 g/mol. The zero-order valence-electron chi connectivity index (χ0n) is 22.3. The van der Waals surface area contributed by atoms with Gasteiger partial charge in [0.1, 0.15) is 24.4 Å². The third-order valence-corrected chi connectivity index (χ3v) is 7.02. The van der Waals surface area contributed by atoms with Gasteiger partial charge in [0.2, 0.25) is 17.7 Å². The second-order valence-corrected chi connectivity index (χ2v) is 9.64. The number of aromatic amines is 1. The van der Waals surface area contributed by atoms with Gasteiger partial charge in [-0.25, -0.2) is 4.98 Å². The van der Waals surface area contributed by atoms with Crippen LogP contribution in [0.15, 0.2) is 36.8 Å². The predicted molar refractivity (Wildman–Crippen MR) is 141 cm³/mol. The number of benzene rings is 1. The van der Waals surface area contributed by atoms with Crippen LogP contribution in [0, 0.1) is 5.92 Å². The van der Waals surface area contributed by atoms with E-state index >= 15 is 0 Å². The summed E-state index contributed by atoms with van der Waals surface area (Å²) in [4.78, 5) is 48.2. The van der Waals surface area contributed by atoms with Crippen molar-refractivity contribution in [2.24, 2.45) is 5.92 Å². The van der Waals surface area contributed by atoms with Gasteiger partial charge in [0, 0.05) is 38.4 Å². The van der Waals surface area contributed by atoms with Crippen LogP contribution in [0.2, 0.25) is 0 Å². The molecule has 1 aromatic heterocycles. The number of aryl methyl sites for hydroxylation is 1. The molecule has 202 valence electrons. The predicted octanol–water partition coefficient (Wildman–Crippen LogP) is 1.43. The van der Waals surface area contributed by atoms with E-state index in [1.807, 2.05) is 38.1 Å². The van der Waals surface area contributed by atoms with Gasteiger partial charge in [-0.1, -0.05) is 38.5 Å². The first-order valence-electron chi connectivity index (χ1n) is 13.1. The number of imidazole rings is 1. The SMILES string of the molecule is CCC(C)[C@@H]1NCCOc2ccccc2CCCNC(=O)[C@@H](Cc2cnc[nH]2)NC(=O)[C@@H](C)N(C)C1=O. The number of rotatable bonds is 4. The Hall–Kier alpha value is -3.40. The van der Waals surface area contributed by atoms with Gasteiger partial charge in [-0.2, -0.15) is 0 Å². The van der Waals surface area contributed by atoms with Crippen molar-refractivity contribution in [3.05, 3.63) is 48.0 Å². The molecule has 2 heterocycles. The highest BCUT2D eigenvalue weighted by molar-refractivity contribution is 5.93. The Balaban J connectivity index is 1.84. The molecule has 0 bridgehead atoms. The second-order valence-electron chi connectivity index (χ2n) is 9.64. The maximum Gasteiger partial charge on any atom is 0.243 e. The number of fused-ring (bicyclic) bond motifs is 1. The molecule has 2 aromatic rings. The number of carbonyl (C=O) groups excluding carboxylic acids is 3. The summed E-state index contributed by atoms with van der Waals surface area (Å²) in [6.45, 7) is 7.07. The molecular weight excluding hydrogens is 472 g/mol. The lowest BCUT2D eigenvalue weighted by atomic mass is 9.97. The smallest absolute Gasteiger partial charge is 0.243 e. The number of nitrogens with zero attached hydrogens (tertiary/aromatic N) is 2. The Morgan fingerprint density at radius 2 is 1.95 bits per heavy atom. The van der Waals surface area contributed by atoms with E-state index in [9.17, 15) is 14.4 Å². The van der Waals surface area contributed by atoms with Crippen LogP contribution in [0.1, 0.15) is 44.9 Å². The molecule has 3 amide bonds. The van der Waals surface area contributed by atoms with Crippen LogP contribution in [-0.4, -0.2) is 77.5 Å². The molecule has 4 N–H and O–H groups in total. The lowest BCUT2D eigenvalue weighted by Gasteiger charge is -2.32. The quantitative estimate of drug-likeness (QED) is 0.491. The minimum atomic E-state index is -0.808. The third kappa shape index (κ3) is 7.79. The van der Waals surface area contributed by atoms with Crippen molar-refractivity contribution in [3.63, 3.8) is 0 Å². The number of ether oxygens (including phenoxy) is 1. The minimum absolute atomic E-state index is 0.0574. The average Bonchev–Trinajstić information content (AvgIpc) is 3.42.